The summed E-state index contributed by atoms with van der Waals surface area (Å²) >= 11 is 1.34. The molecule has 3 aromatic rings. The Kier molecular flexibility index (Phi) is 4.40. The van der Waals surface area contributed by atoms with E-state index in [9.17, 15) is 9.18 Å². The number of fused-ring (bicyclic) bond motifs is 1. The van der Waals surface area contributed by atoms with E-state index < -0.39 is 0 Å². The highest BCUT2D eigenvalue weighted by molar-refractivity contribution is 7.20. The number of carbonyl (C=O) groups excluding carboxylic acids is 1. The summed E-state index contributed by atoms with van der Waals surface area (Å²) in [5.41, 5.74) is 1.23. The van der Waals surface area contributed by atoms with Crippen LogP contribution in [0.25, 0.3) is 10.1 Å². The van der Waals surface area contributed by atoms with E-state index >= 15 is 0 Å². The molecule has 0 bridgehead atoms. The van der Waals surface area contributed by atoms with E-state index in [0.717, 1.165) is 24.2 Å². The highest BCUT2D eigenvalue weighted by Crippen LogP contribution is 2.28. The fourth-order valence-corrected chi connectivity index (χ4v) is 4.33. The van der Waals surface area contributed by atoms with Crippen LogP contribution in [0.3, 0.4) is 0 Å². The van der Waals surface area contributed by atoms with Crippen molar-refractivity contribution in [2.24, 2.45) is 5.92 Å². The maximum atomic E-state index is 13.8. The topological polar surface area (TPSA) is 32.3 Å². The number of halogens is 1. The minimum absolute atomic E-state index is 0.112. The van der Waals surface area contributed by atoms with Crippen molar-refractivity contribution in [1.82, 2.24) is 5.32 Å². The molecule has 128 valence electrons. The largest absolute Gasteiger partial charge is 0.371 e. The summed E-state index contributed by atoms with van der Waals surface area (Å²) < 4.78 is 14.6. The van der Waals surface area contributed by atoms with Crippen molar-refractivity contribution >= 4 is 33.0 Å². The van der Waals surface area contributed by atoms with Gasteiger partial charge in [-0.1, -0.05) is 24.3 Å². The third-order valence-electron chi connectivity index (χ3n) is 4.69. The lowest BCUT2D eigenvalue weighted by molar-refractivity contribution is 0.0952. The Hall–Kier alpha value is -2.40. The molecule has 25 heavy (non-hydrogen) atoms. The van der Waals surface area contributed by atoms with Gasteiger partial charge in [0.05, 0.1) is 4.88 Å². The molecule has 1 aromatic heterocycles. The van der Waals surface area contributed by atoms with Gasteiger partial charge in [-0.2, -0.15) is 0 Å². The first-order chi connectivity index (χ1) is 12.2. The van der Waals surface area contributed by atoms with Gasteiger partial charge in [-0.3, -0.25) is 4.79 Å². The van der Waals surface area contributed by atoms with Crippen LogP contribution in [-0.4, -0.2) is 25.5 Å². The Morgan fingerprint density at radius 2 is 2.04 bits per heavy atom. The molecule has 1 atom stereocenters. The number of hydrogen-bond donors (Lipinski definition) is 1. The summed E-state index contributed by atoms with van der Waals surface area (Å²) in [7, 11) is 0. The molecule has 1 amide bonds. The van der Waals surface area contributed by atoms with Crippen molar-refractivity contribution in [1.29, 1.82) is 0 Å². The van der Waals surface area contributed by atoms with Gasteiger partial charge in [0.15, 0.2) is 0 Å². The molecule has 0 saturated carbocycles. The summed E-state index contributed by atoms with van der Waals surface area (Å²) in [6, 6.07) is 16.9. The maximum Gasteiger partial charge on any atom is 0.261 e. The van der Waals surface area contributed by atoms with E-state index in [1.54, 1.807) is 12.1 Å². The number of carbonyl (C=O) groups is 1. The van der Waals surface area contributed by atoms with Crippen molar-refractivity contribution in [2.75, 3.05) is 24.5 Å². The molecule has 0 radical (unpaired) electrons. The summed E-state index contributed by atoms with van der Waals surface area (Å²) in [5, 5.41) is 3.54. The lowest BCUT2D eigenvalue weighted by atomic mass is 10.1. The first-order valence-electron chi connectivity index (χ1n) is 8.47. The number of amides is 1. The molecule has 2 heterocycles. The summed E-state index contributed by atoms with van der Waals surface area (Å²) in [6.45, 7) is 2.61. The van der Waals surface area contributed by atoms with Gasteiger partial charge in [-0.05, 0) is 42.7 Å². The number of rotatable bonds is 4. The molecule has 0 aliphatic carbocycles. The molecule has 1 N–H and O–H groups in total. The Morgan fingerprint density at radius 1 is 1.20 bits per heavy atom. The average molecular weight is 354 g/mol. The van der Waals surface area contributed by atoms with Crippen molar-refractivity contribution in [2.45, 2.75) is 6.42 Å². The van der Waals surface area contributed by atoms with Crippen molar-refractivity contribution < 1.29 is 9.18 Å². The van der Waals surface area contributed by atoms with Crippen LogP contribution >= 0.6 is 11.3 Å². The molecular formula is C20H19FN2OS. The second-order valence-electron chi connectivity index (χ2n) is 6.41. The van der Waals surface area contributed by atoms with Crippen LogP contribution in [-0.2, 0) is 0 Å². The zero-order valence-electron chi connectivity index (χ0n) is 13.7. The molecule has 5 heteroatoms. The first kappa shape index (κ1) is 16.1. The number of thiophene rings is 1. The maximum absolute atomic E-state index is 13.8. The Bertz CT molecular complexity index is 893. The Labute approximate surface area is 150 Å². The minimum Gasteiger partial charge on any atom is -0.371 e. The predicted molar refractivity (Wildman–Crippen MR) is 101 cm³/mol. The third-order valence-corrected chi connectivity index (χ3v) is 5.79. The van der Waals surface area contributed by atoms with Crippen LogP contribution in [0.1, 0.15) is 16.1 Å². The molecule has 1 fully saturated rings. The summed E-state index contributed by atoms with van der Waals surface area (Å²) in [6.07, 6.45) is 1.07. The molecule has 1 aliphatic rings. The van der Waals surface area contributed by atoms with Crippen molar-refractivity contribution in [3.05, 3.63) is 65.3 Å². The number of nitrogens with one attached hydrogen (secondary N) is 1. The van der Waals surface area contributed by atoms with E-state index in [2.05, 4.69) is 22.3 Å². The summed E-state index contributed by atoms with van der Waals surface area (Å²) in [5.74, 6) is 0.0520. The molecule has 1 unspecified atom stereocenters. The van der Waals surface area contributed by atoms with Gasteiger partial charge in [0.2, 0.25) is 0 Å². The summed E-state index contributed by atoms with van der Waals surface area (Å²) in [4.78, 5) is 15.3. The zero-order valence-corrected chi connectivity index (χ0v) is 14.6. The smallest absolute Gasteiger partial charge is 0.261 e. The second kappa shape index (κ2) is 6.84. The lowest BCUT2D eigenvalue weighted by Crippen LogP contribution is -2.30. The van der Waals surface area contributed by atoms with E-state index in [4.69, 9.17) is 0 Å². The molecule has 3 nitrogen and oxygen atoms in total. The average Bonchev–Trinajstić information content (AvgIpc) is 3.28. The second-order valence-corrected chi connectivity index (χ2v) is 7.49. The molecule has 2 aromatic carbocycles. The monoisotopic (exact) mass is 354 g/mol. The van der Waals surface area contributed by atoms with Gasteiger partial charge < -0.3 is 10.2 Å². The van der Waals surface area contributed by atoms with Crippen LogP contribution in [0, 0.1) is 11.7 Å². The molecule has 1 aliphatic heterocycles. The normalized spacial score (nSPS) is 17.2. The van der Waals surface area contributed by atoms with Crippen LogP contribution in [0.2, 0.25) is 0 Å². The van der Waals surface area contributed by atoms with E-state index in [-0.39, 0.29) is 11.7 Å². The quantitative estimate of drug-likeness (QED) is 0.758. The van der Waals surface area contributed by atoms with Gasteiger partial charge >= 0.3 is 0 Å². The third kappa shape index (κ3) is 3.37. The first-order valence-corrected chi connectivity index (χ1v) is 9.28. The van der Waals surface area contributed by atoms with Crippen molar-refractivity contribution in [3.63, 3.8) is 0 Å². The highest BCUT2D eigenvalue weighted by Gasteiger charge is 2.23. The van der Waals surface area contributed by atoms with E-state index in [0.29, 0.717) is 22.7 Å². The number of para-hydroxylation sites is 1. The van der Waals surface area contributed by atoms with Gasteiger partial charge in [-0.25, -0.2) is 4.39 Å². The number of anilines is 1. The van der Waals surface area contributed by atoms with Crippen LogP contribution < -0.4 is 10.2 Å². The van der Waals surface area contributed by atoms with E-state index in [1.807, 2.05) is 24.3 Å². The lowest BCUT2D eigenvalue weighted by Gasteiger charge is -2.18. The van der Waals surface area contributed by atoms with Gasteiger partial charge in [0.25, 0.3) is 5.91 Å². The number of hydrogen-bond acceptors (Lipinski definition) is 3. The SMILES string of the molecule is O=C(NCC1CCN(c2ccccc2)C1)c1cc2c(F)cccc2s1. The zero-order chi connectivity index (χ0) is 17.2. The van der Waals surface area contributed by atoms with Gasteiger partial charge in [0.1, 0.15) is 5.82 Å². The predicted octanol–water partition coefficient (Wildman–Crippen LogP) is 4.30. The van der Waals surface area contributed by atoms with Crippen LogP contribution in [0.15, 0.2) is 54.6 Å². The fourth-order valence-electron chi connectivity index (χ4n) is 3.33. The minimum atomic E-state index is -0.276. The highest BCUT2D eigenvalue weighted by atomic mass is 32.1. The van der Waals surface area contributed by atoms with E-state index in [1.165, 1.54) is 23.1 Å². The number of nitrogens with zero attached hydrogens (tertiary/aromatic N) is 1. The van der Waals surface area contributed by atoms with Crippen LogP contribution in [0.5, 0.6) is 0 Å². The van der Waals surface area contributed by atoms with Gasteiger partial charge in [0, 0.05) is 35.4 Å². The Morgan fingerprint density at radius 3 is 2.84 bits per heavy atom. The molecule has 0 spiro atoms. The molecular weight excluding hydrogens is 335 g/mol. The standard InChI is InChI=1S/C20H19FN2OS/c21-17-7-4-8-18-16(17)11-19(25-18)20(24)22-12-14-9-10-23(13-14)15-5-2-1-3-6-15/h1-8,11,14H,9-10,12-13H2,(H,22,24). The molecule has 1 saturated heterocycles. The number of benzene rings is 2. The Balaban J connectivity index is 1.36. The molecule has 4 rings (SSSR count). The van der Waals surface area contributed by atoms with Crippen LogP contribution in [0.4, 0.5) is 10.1 Å². The van der Waals surface area contributed by atoms with Gasteiger partial charge in [-0.15, -0.1) is 11.3 Å². The van der Waals surface area contributed by atoms with Crippen molar-refractivity contribution in [3.8, 4) is 0 Å². The fraction of sp³-hybridized carbons (Fsp3) is 0.250.